The Labute approximate surface area is 105 Å². The van der Waals surface area contributed by atoms with Crippen LogP contribution in [0.2, 0.25) is 5.02 Å². The first kappa shape index (κ1) is 13.5. The fourth-order valence-electron chi connectivity index (χ4n) is 1.42. The number of carbonyl (C=O) groups is 2. The lowest BCUT2D eigenvalue weighted by Gasteiger charge is -2.13. The van der Waals surface area contributed by atoms with E-state index in [-0.39, 0.29) is 0 Å². The van der Waals surface area contributed by atoms with Crippen molar-refractivity contribution in [2.75, 3.05) is 0 Å². The van der Waals surface area contributed by atoms with Crippen molar-refractivity contribution in [2.24, 2.45) is 0 Å². The molecule has 0 radical (unpaired) electrons. The van der Waals surface area contributed by atoms with Gasteiger partial charge in [0, 0.05) is 10.6 Å². The normalized spacial score (nSPS) is 11.9. The van der Waals surface area contributed by atoms with E-state index in [4.69, 9.17) is 16.7 Å². The van der Waals surface area contributed by atoms with E-state index in [1.807, 2.05) is 6.92 Å². The molecular weight excluding hydrogens is 242 g/mol. The summed E-state index contributed by atoms with van der Waals surface area (Å²) in [5.74, 6) is -1.45. The maximum Gasteiger partial charge on any atom is 0.326 e. The summed E-state index contributed by atoms with van der Waals surface area (Å²) in [6.07, 6.45) is 1.09. The lowest BCUT2D eigenvalue weighted by molar-refractivity contribution is -0.139. The number of carboxylic acid groups (broad SMARTS) is 1. The van der Waals surface area contributed by atoms with E-state index < -0.39 is 17.9 Å². The molecule has 1 aromatic rings. The van der Waals surface area contributed by atoms with Crippen LogP contribution in [0.25, 0.3) is 0 Å². The molecule has 92 valence electrons. The van der Waals surface area contributed by atoms with Gasteiger partial charge in [0.25, 0.3) is 5.91 Å². The number of aliphatic carboxylic acids is 1. The van der Waals surface area contributed by atoms with E-state index in [0.29, 0.717) is 23.4 Å². The molecule has 0 aromatic heterocycles. The molecular formula is C12H14ClNO3. The molecule has 17 heavy (non-hydrogen) atoms. The van der Waals surface area contributed by atoms with Gasteiger partial charge in [-0.05, 0) is 24.6 Å². The second-order valence-electron chi connectivity index (χ2n) is 3.66. The summed E-state index contributed by atoms with van der Waals surface area (Å²) in [6.45, 7) is 1.86. The van der Waals surface area contributed by atoms with E-state index in [9.17, 15) is 9.59 Å². The molecule has 1 rings (SSSR count). The average molecular weight is 256 g/mol. The number of benzene rings is 1. The van der Waals surface area contributed by atoms with Crippen LogP contribution in [-0.4, -0.2) is 23.0 Å². The molecule has 0 saturated heterocycles. The molecule has 0 aliphatic heterocycles. The lowest BCUT2D eigenvalue weighted by atomic mass is 10.1. The number of amides is 1. The summed E-state index contributed by atoms with van der Waals surface area (Å²) in [5.41, 5.74) is 0.361. The van der Waals surface area contributed by atoms with E-state index in [1.165, 1.54) is 6.07 Å². The Morgan fingerprint density at radius 3 is 2.71 bits per heavy atom. The third-order valence-electron chi connectivity index (χ3n) is 2.27. The number of carboxylic acids is 1. The minimum atomic E-state index is -1.03. The van der Waals surface area contributed by atoms with E-state index in [0.717, 1.165) is 0 Å². The van der Waals surface area contributed by atoms with Crippen molar-refractivity contribution in [2.45, 2.75) is 25.8 Å². The molecule has 0 aliphatic carbocycles. The van der Waals surface area contributed by atoms with Crippen LogP contribution >= 0.6 is 11.6 Å². The van der Waals surface area contributed by atoms with Crippen LogP contribution in [0, 0.1) is 0 Å². The predicted octanol–water partition coefficient (Wildman–Crippen LogP) is 2.32. The van der Waals surface area contributed by atoms with Gasteiger partial charge in [-0.2, -0.15) is 0 Å². The summed E-state index contributed by atoms with van der Waals surface area (Å²) in [4.78, 5) is 22.6. The molecule has 5 heteroatoms. The van der Waals surface area contributed by atoms with Gasteiger partial charge in [0.2, 0.25) is 0 Å². The zero-order valence-electron chi connectivity index (χ0n) is 9.44. The van der Waals surface area contributed by atoms with Crippen molar-refractivity contribution < 1.29 is 14.7 Å². The molecule has 0 unspecified atom stereocenters. The quantitative estimate of drug-likeness (QED) is 0.849. The molecule has 0 spiro atoms. The summed E-state index contributed by atoms with van der Waals surface area (Å²) in [7, 11) is 0. The van der Waals surface area contributed by atoms with Crippen LogP contribution in [0.4, 0.5) is 0 Å². The van der Waals surface area contributed by atoms with Crippen LogP contribution in [0.5, 0.6) is 0 Å². The monoisotopic (exact) mass is 255 g/mol. The maximum atomic E-state index is 11.8. The first-order valence-electron chi connectivity index (χ1n) is 5.33. The van der Waals surface area contributed by atoms with Gasteiger partial charge in [-0.3, -0.25) is 4.79 Å². The van der Waals surface area contributed by atoms with Crippen LogP contribution in [0.1, 0.15) is 30.1 Å². The molecule has 1 aromatic carbocycles. The smallest absolute Gasteiger partial charge is 0.326 e. The molecule has 1 amide bonds. The van der Waals surface area contributed by atoms with Crippen LogP contribution in [-0.2, 0) is 4.79 Å². The van der Waals surface area contributed by atoms with Gasteiger partial charge in [0.1, 0.15) is 6.04 Å². The molecule has 0 heterocycles. The van der Waals surface area contributed by atoms with E-state index in [2.05, 4.69) is 5.32 Å². The van der Waals surface area contributed by atoms with Gasteiger partial charge in [-0.25, -0.2) is 4.79 Å². The van der Waals surface area contributed by atoms with Crippen LogP contribution < -0.4 is 5.32 Å². The maximum absolute atomic E-state index is 11.8. The van der Waals surface area contributed by atoms with Gasteiger partial charge < -0.3 is 10.4 Å². The topological polar surface area (TPSA) is 66.4 Å². The Morgan fingerprint density at radius 1 is 1.47 bits per heavy atom. The highest BCUT2D eigenvalue weighted by Crippen LogP contribution is 2.11. The first-order chi connectivity index (χ1) is 8.04. The Morgan fingerprint density at radius 2 is 2.18 bits per heavy atom. The van der Waals surface area contributed by atoms with Crippen molar-refractivity contribution in [1.29, 1.82) is 0 Å². The number of hydrogen-bond donors (Lipinski definition) is 2. The minimum absolute atomic E-state index is 0.361. The summed E-state index contributed by atoms with van der Waals surface area (Å²) < 4.78 is 0. The zero-order valence-corrected chi connectivity index (χ0v) is 10.2. The molecule has 4 nitrogen and oxygen atoms in total. The Bertz CT molecular complexity index is 420. The molecule has 0 aliphatic rings. The number of halogens is 1. The first-order valence-corrected chi connectivity index (χ1v) is 5.71. The highest BCUT2D eigenvalue weighted by Gasteiger charge is 2.19. The van der Waals surface area contributed by atoms with Gasteiger partial charge in [-0.1, -0.05) is 31.0 Å². The number of carbonyl (C=O) groups excluding carboxylic acids is 1. The van der Waals surface area contributed by atoms with E-state index >= 15 is 0 Å². The largest absolute Gasteiger partial charge is 0.480 e. The third-order valence-corrected chi connectivity index (χ3v) is 2.50. The molecule has 0 bridgehead atoms. The van der Waals surface area contributed by atoms with Gasteiger partial charge in [-0.15, -0.1) is 0 Å². The van der Waals surface area contributed by atoms with Gasteiger partial charge >= 0.3 is 5.97 Å². The van der Waals surface area contributed by atoms with Crippen molar-refractivity contribution in [3.8, 4) is 0 Å². The Kier molecular flexibility index (Phi) is 4.97. The number of nitrogens with one attached hydrogen (secondary N) is 1. The van der Waals surface area contributed by atoms with Crippen molar-refractivity contribution in [3.05, 3.63) is 34.9 Å². The summed E-state index contributed by atoms with van der Waals surface area (Å²) >= 11 is 5.75. The zero-order chi connectivity index (χ0) is 12.8. The standard InChI is InChI=1S/C12H14ClNO3/c1-2-4-10(12(16)17)14-11(15)8-5-3-6-9(13)7-8/h3,5-7,10H,2,4H2,1H3,(H,14,15)(H,16,17)/t10-/m1/s1. The lowest BCUT2D eigenvalue weighted by Crippen LogP contribution is -2.40. The Balaban J connectivity index is 2.73. The fourth-order valence-corrected chi connectivity index (χ4v) is 1.61. The van der Waals surface area contributed by atoms with Gasteiger partial charge in [0.15, 0.2) is 0 Å². The summed E-state index contributed by atoms with van der Waals surface area (Å²) in [5, 5.41) is 11.8. The van der Waals surface area contributed by atoms with Crippen molar-refractivity contribution in [1.82, 2.24) is 5.32 Å². The van der Waals surface area contributed by atoms with Crippen LogP contribution in [0.15, 0.2) is 24.3 Å². The summed E-state index contributed by atoms with van der Waals surface area (Å²) in [6, 6.07) is 5.53. The average Bonchev–Trinajstić information content (AvgIpc) is 2.28. The molecule has 0 saturated carbocycles. The second kappa shape index (κ2) is 6.25. The minimum Gasteiger partial charge on any atom is -0.480 e. The van der Waals surface area contributed by atoms with Gasteiger partial charge in [0.05, 0.1) is 0 Å². The highest BCUT2D eigenvalue weighted by atomic mass is 35.5. The van der Waals surface area contributed by atoms with Crippen molar-refractivity contribution >= 4 is 23.5 Å². The highest BCUT2D eigenvalue weighted by molar-refractivity contribution is 6.30. The van der Waals surface area contributed by atoms with Crippen molar-refractivity contribution in [3.63, 3.8) is 0 Å². The third kappa shape index (κ3) is 4.07. The fraction of sp³-hybridized carbons (Fsp3) is 0.333. The Hall–Kier alpha value is -1.55. The predicted molar refractivity (Wildman–Crippen MR) is 65.3 cm³/mol. The molecule has 1 atom stereocenters. The van der Waals surface area contributed by atoms with E-state index in [1.54, 1.807) is 18.2 Å². The van der Waals surface area contributed by atoms with Crippen LogP contribution in [0.3, 0.4) is 0 Å². The number of hydrogen-bond acceptors (Lipinski definition) is 2. The SMILES string of the molecule is CCC[C@@H](NC(=O)c1cccc(Cl)c1)C(=O)O. The molecule has 2 N–H and O–H groups in total. The number of rotatable bonds is 5. The second-order valence-corrected chi connectivity index (χ2v) is 4.10. The molecule has 0 fully saturated rings.